The van der Waals surface area contributed by atoms with Gasteiger partial charge < -0.3 is 10.4 Å². The van der Waals surface area contributed by atoms with Crippen LogP contribution in [0.4, 0.5) is 0 Å². The predicted molar refractivity (Wildman–Crippen MR) is 80.4 cm³/mol. The number of rotatable bonds is 2. The van der Waals surface area contributed by atoms with Crippen molar-refractivity contribution in [1.29, 1.82) is 0 Å². The van der Waals surface area contributed by atoms with Gasteiger partial charge >= 0.3 is 0 Å². The van der Waals surface area contributed by atoms with Crippen molar-refractivity contribution < 1.29 is 5.11 Å². The first-order chi connectivity index (χ1) is 8.89. The Bertz CT molecular complexity index is 427. The second kappa shape index (κ2) is 5.64. The molecule has 19 heavy (non-hydrogen) atoms. The van der Waals surface area contributed by atoms with Crippen LogP contribution in [0.15, 0.2) is 18.2 Å². The van der Waals surface area contributed by atoms with Gasteiger partial charge in [-0.25, -0.2) is 0 Å². The Balaban J connectivity index is 2.27. The number of aryl methyl sites for hydroxylation is 1. The highest BCUT2D eigenvalue weighted by Gasteiger charge is 2.25. The van der Waals surface area contributed by atoms with Gasteiger partial charge in [-0.15, -0.1) is 0 Å². The van der Waals surface area contributed by atoms with Gasteiger partial charge in [-0.2, -0.15) is 0 Å². The fourth-order valence-electron chi connectivity index (χ4n) is 2.83. The van der Waals surface area contributed by atoms with Gasteiger partial charge in [0.15, 0.2) is 0 Å². The average Bonchev–Trinajstić information content (AvgIpc) is 2.38. The minimum atomic E-state index is -0.338. The van der Waals surface area contributed by atoms with E-state index in [9.17, 15) is 5.11 Å². The highest BCUT2D eigenvalue weighted by molar-refractivity contribution is 5.36. The lowest BCUT2D eigenvalue weighted by molar-refractivity contribution is 0.0915. The third kappa shape index (κ3) is 3.37. The van der Waals surface area contributed by atoms with Gasteiger partial charge in [0, 0.05) is 12.5 Å². The van der Waals surface area contributed by atoms with Crippen LogP contribution in [-0.2, 0) is 5.41 Å². The molecule has 1 aromatic carbocycles. The Morgan fingerprint density at radius 1 is 1.32 bits per heavy atom. The topological polar surface area (TPSA) is 32.3 Å². The van der Waals surface area contributed by atoms with E-state index in [1.165, 1.54) is 17.5 Å². The summed E-state index contributed by atoms with van der Waals surface area (Å²) in [5.41, 5.74) is 3.75. The van der Waals surface area contributed by atoms with Gasteiger partial charge in [0.1, 0.15) is 0 Å². The molecular formula is C17H27NO. The number of aliphatic hydroxyl groups excluding tert-OH is 1. The van der Waals surface area contributed by atoms with Gasteiger partial charge in [0.25, 0.3) is 0 Å². The van der Waals surface area contributed by atoms with Crippen LogP contribution in [0, 0.1) is 12.8 Å². The van der Waals surface area contributed by atoms with Crippen LogP contribution in [0.1, 0.15) is 56.4 Å². The molecule has 2 rings (SSSR count). The van der Waals surface area contributed by atoms with Crippen LogP contribution < -0.4 is 5.32 Å². The molecule has 0 saturated carbocycles. The lowest BCUT2D eigenvalue weighted by Crippen LogP contribution is -2.33. The van der Waals surface area contributed by atoms with E-state index >= 15 is 0 Å². The summed E-state index contributed by atoms with van der Waals surface area (Å²) >= 11 is 0. The van der Waals surface area contributed by atoms with E-state index in [0.29, 0.717) is 5.92 Å². The largest absolute Gasteiger partial charge is 0.388 e. The van der Waals surface area contributed by atoms with Crippen molar-refractivity contribution in [2.45, 2.75) is 52.1 Å². The van der Waals surface area contributed by atoms with Crippen molar-refractivity contribution in [3.8, 4) is 0 Å². The summed E-state index contributed by atoms with van der Waals surface area (Å²) in [6, 6.07) is 6.54. The summed E-state index contributed by atoms with van der Waals surface area (Å²) in [5.74, 6) is 0.350. The maximum Gasteiger partial charge on any atom is 0.0832 e. The predicted octanol–water partition coefficient (Wildman–Crippen LogP) is 3.33. The fourth-order valence-corrected chi connectivity index (χ4v) is 2.83. The van der Waals surface area contributed by atoms with Crippen LogP contribution >= 0.6 is 0 Å². The van der Waals surface area contributed by atoms with E-state index in [2.05, 4.69) is 51.2 Å². The van der Waals surface area contributed by atoms with E-state index in [1.807, 2.05) is 0 Å². The molecule has 1 saturated heterocycles. The highest BCUT2D eigenvalue weighted by atomic mass is 16.3. The molecule has 2 atom stereocenters. The van der Waals surface area contributed by atoms with Crippen LogP contribution in [-0.4, -0.2) is 18.2 Å². The second-order valence-corrected chi connectivity index (χ2v) is 6.87. The second-order valence-electron chi connectivity index (χ2n) is 6.87. The van der Waals surface area contributed by atoms with E-state index in [-0.39, 0.29) is 11.5 Å². The first-order valence-electron chi connectivity index (χ1n) is 7.39. The third-order valence-corrected chi connectivity index (χ3v) is 4.25. The summed E-state index contributed by atoms with van der Waals surface area (Å²) in [4.78, 5) is 0. The molecule has 1 aromatic rings. The minimum absolute atomic E-state index is 0.132. The van der Waals surface area contributed by atoms with E-state index in [4.69, 9.17) is 0 Å². The zero-order valence-corrected chi connectivity index (χ0v) is 12.7. The molecule has 0 amide bonds. The summed E-state index contributed by atoms with van der Waals surface area (Å²) in [7, 11) is 0. The first-order valence-corrected chi connectivity index (χ1v) is 7.39. The molecule has 2 heteroatoms. The molecule has 106 valence electrons. The smallest absolute Gasteiger partial charge is 0.0832 e. The molecule has 1 aliphatic heterocycles. The maximum absolute atomic E-state index is 10.7. The monoisotopic (exact) mass is 261 g/mol. The molecule has 1 aliphatic rings. The zero-order valence-electron chi connectivity index (χ0n) is 12.7. The summed E-state index contributed by atoms with van der Waals surface area (Å²) < 4.78 is 0. The SMILES string of the molecule is Cc1ccc(C(C)(C)C)cc1C(O)C1CCCNC1. The van der Waals surface area contributed by atoms with Crippen molar-refractivity contribution in [1.82, 2.24) is 5.32 Å². The third-order valence-electron chi connectivity index (χ3n) is 4.25. The number of piperidine rings is 1. The van der Waals surface area contributed by atoms with Crippen molar-refractivity contribution in [2.24, 2.45) is 5.92 Å². The van der Waals surface area contributed by atoms with Gasteiger partial charge in [0.05, 0.1) is 6.10 Å². The van der Waals surface area contributed by atoms with E-state index < -0.39 is 0 Å². The number of hydrogen-bond donors (Lipinski definition) is 2. The van der Waals surface area contributed by atoms with Crippen LogP contribution in [0.2, 0.25) is 0 Å². The van der Waals surface area contributed by atoms with Crippen molar-refractivity contribution >= 4 is 0 Å². The fraction of sp³-hybridized carbons (Fsp3) is 0.647. The Morgan fingerprint density at radius 3 is 2.63 bits per heavy atom. The van der Waals surface area contributed by atoms with Crippen molar-refractivity contribution in [2.75, 3.05) is 13.1 Å². The van der Waals surface area contributed by atoms with Gasteiger partial charge in [0.2, 0.25) is 0 Å². The lowest BCUT2D eigenvalue weighted by Gasteiger charge is -2.29. The molecule has 1 fully saturated rings. The number of hydrogen-bond acceptors (Lipinski definition) is 2. The van der Waals surface area contributed by atoms with Crippen molar-refractivity contribution in [3.63, 3.8) is 0 Å². The van der Waals surface area contributed by atoms with Crippen LogP contribution in [0.5, 0.6) is 0 Å². The molecule has 0 spiro atoms. The highest BCUT2D eigenvalue weighted by Crippen LogP contribution is 2.32. The lowest BCUT2D eigenvalue weighted by atomic mass is 9.82. The molecule has 2 unspecified atom stereocenters. The molecule has 0 radical (unpaired) electrons. The van der Waals surface area contributed by atoms with Gasteiger partial charge in [-0.1, -0.05) is 39.0 Å². The molecular weight excluding hydrogens is 234 g/mol. The van der Waals surface area contributed by atoms with Gasteiger partial charge in [-0.3, -0.25) is 0 Å². The summed E-state index contributed by atoms with van der Waals surface area (Å²) in [5, 5.41) is 14.1. The molecule has 2 N–H and O–H groups in total. The molecule has 2 nitrogen and oxygen atoms in total. The quantitative estimate of drug-likeness (QED) is 0.856. The minimum Gasteiger partial charge on any atom is -0.388 e. The van der Waals surface area contributed by atoms with E-state index in [0.717, 1.165) is 25.1 Å². The van der Waals surface area contributed by atoms with E-state index in [1.54, 1.807) is 0 Å². The molecule has 0 aliphatic carbocycles. The number of nitrogens with one attached hydrogen (secondary N) is 1. The molecule has 0 bridgehead atoms. The standard InChI is InChI=1S/C17H27NO/c1-12-7-8-14(17(2,3)4)10-15(12)16(19)13-6-5-9-18-11-13/h7-8,10,13,16,18-19H,5-6,9,11H2,1-4H3. The maximum atomic E-state index is 10.7. The number of benzene rings is 1. The average molecular weight is 261 g/mol. The first kappa shape index (κ1) is 14.5. The Labute approximate surface area is 117 Å². The van der Waals surface area contributed by atoms with Crippen LogP contribution in [0.25, 0.3) is 0 Å². The van der Waals surface area contributed by atoms with Crippen LogP contribution in [0.3, 0.4) is 0 Å². The van der Waals surface area contributed by atoms with Gasteiger partial charge in [-0.05, 0) is 48.4 Å². The number of aliphatic hydroxyl groups is 1. The molecule has 0 aromatic heterocycles. The summed E-state index contributed by atoms with van der Waals surface area (Å²) in [6.45, 7) is 10.8. The Morgan fingerprint density at radius 2 is 2.05 bits per heavy atom. The molecule has 1 heterocycles. The zero-order chi connectivity index (χ0) is 14.0. The Hall–Kier alpha value is -0.860. The Kier molecular flexibility index (Phi) is 4.32. The summed E-state index contributed by atoms with van der Waals surface area (Å²) in [6.07, 6.45) is 1.95. The van der Waals surface area contributed by atoms with Crippen molar-refractivity contribution in [3.05, 3.63) is 34.9 Å². The normalized spacial score (nSPS) is 22.3.